The predicted octanol–water partition coefficient (Wildman–Crippen LogP) is 3.78. The number of rotatable bonds is 3. The van der Waals surface area contributed by atoms with Crippen molar-refractivity contribution in [2.45, 2.75) is 20.8 Å². The molecular formula is C20H19NO3. The van der Waals surface area contributed by atoms with Crippen molar-refractivity contribution in [3.8, 4) is 5.69 Å². The molecule has 3 aromatic rings. The Bertz CT molecular complexity index is 972. The number of carbonyl (C=O) groups excluding carboxylic acids is 1. The maximum Gasteiger partial charge on any atom is 0.342 e. The number of aryl methyl sites for hydroxylation is 2. The SMILES string of the molecule is CCOC(=O)c1cc2c(C)n(-c3ccccc3)c(C)c2ccc1=O. The summed E-state index contributed by atoms with van der Waals surface area (Å²) in [7, 11) is 0. The van der Waals surface area contributed by atoms with Crippen molar-refractivity contribution in [2.24, 2.45) is 0 Å². The van der Waals surface area contributed by atoms with Crippen LogP contribution in [-0.4, -0.2) is 17.1 Å². The van der Waals surface area contributed by atoms with Crippen molar-refractivity contribution < 1.29 is 9.53 Å². The van der Waals surface area contributed by atoms with Gasteiger partial charge >= 0.3 is 5.97 Å². The summed E-state index contributed by atoms with van der Waals surface area (Å²) in [6, 6.07) is 14.9. The molecule has 0 saturated heterocycles. The number of benzene rings is 1. The Labute approximate surface area is 140 Å². The van der Waals surface area contributed by atoms with Crippen molar-refractivity contribution in [1.82, 2.24) is 4.57 Å². The van der Waals surface area contributed by atoms with Crippen LogP contribution >= 0.6 is 0 Å². The molecule has 0 radical (unpaired) electrons. The molecular weight excluding hydrogens is 302 g/mol. The lowest BCUT2D eigenvalue weighted by Gasteiger charge is -2.08. The quantitative estimate of drug-likeness (QED) is 0.690. The lowest BCUT2D eigenvalue weighted by molar-refractivity contribution is 0.0525. The highest BCUT2D eigenvalue weighted by atomic mass is 16.5. The highest BCUT2D eigenvalue weighted by Crippen LogP contribution is 2.28. The van der Waals surface area contributed by atoms with Crippen LogP contribution in [0.15, 0.2) is 53.3 Å². The molecule has 4 heteroatoms. The van der Waals surface area contributed by atoms with Crippen molar-refractivity contribution in [2.75, 3.05) is 6.61 Å². The second-order valence-electron chi connectivity index (χ2n) is 5.65. The van der Waals surface area contributed by atoms with E-state index in [0.717, 1.165) is 27.8 Å². The van der Waals surface area contributed by atoms with E-state index in [0.29, 0.717) is 0 Å². The molecule has 0 fully saturated rings. The van der Waals surface area contributed by atoms with Crippen molar-refractivity contribution in [3.05, 3.63) is 75.7 Å². The molecule has 0 aliphatic rings. The minimum atomic E-state index is -0.579. The standard InChI is InChI=1S/C20H19NO3/c1-4-24-20(23)18-12-17-14(3)21(15-8-6-5-7-9-15)13(2)16(17)10-11-19(18)22/h5-12H,4H2,1-3H3. The molecule has 1 heterocycles. The van der Waals surface area contributed by atoms with Gasteiger partial charge in [-0.1, -0.05) is 18.2 Å². The van der Waals surface area contributed by atoms with Crippen LogP contribution < -0.4 is 5.43 Å². The van der Waals surface area contributed by atoms with Gasteiger partial charge in [0.15, 0.2) is 5.43 Å². The molecule has 0 aliphatic heterocycles. The van der Waals surface area contributed by atoms with Crippen molar-refractivity contribution in [1.29, 1.82) is 0 Å². The first-order chi connectivity index (χ1) is 11.5. The van der Waals surface area contributed by atoms with Crippen LogP contribution in [0.5, 0.6) is 0 Å². The van der Waals surface area contributed by atoms with Gasteiger partial charge in [0.25, 0.3) is 0 Å². The predicted molar refractivity (Wildman–Crippen MR) is 95.0 cm³/mol. The maximum absolute atomic E-state index is 12.2. The highest BCUT2D eigenvalue weighted by molar-refractivity contribution is 5.96. The van der Waals surface area contributed by atoms with Crippen LogP contribution in [0.3, 0.4) is 0 Å². The Morgan fingerprint density at radius 1 is 1.00 bits per heavy atom. The third-order valence-corrected chi connectivity index (χ3v) is 4.21. The van der Waals surface area contributed by atoms with Gasteiger partial charge in [-0.15, -0.1) is 0 Å². The zero-order chi connectivity index (χ0) is 17.3. The van der Waals surface area contributed by atoms with E-state index < -0.39 is 5.97 Å². The number of ether oxygens (including phenoxy) is 1. The first-order valence-electron chi connectivity index (χ1n) is 7.93. The number of hydrogen-bond donors (Lipinski definition) is 0. The zero-order valence-electron chi connectivity index (χ0n) is 14.0. The Balaban J connectivity index is 2.32. The lowest BCUT2D eigenvalue weighted by atomic mass is 10.2. The fourth-order valence-corrected chi connectivity index (χ4v) is 3.07. The molecule has 0 atom stereocenters. The maximum atomic E-state index is 12.2. The summed E-state index contributed by atoms with van der Waals surface area (Å²) in [4.78, 5) is 24.3. The van der Waals surface area contributed by atoms with Gasteiger partial charge in [0.2, 0.25) is 0 Å². The summed E-state index contributed by atoms with van der Waals surface area (Å²) >= 11 is 0. The third-order valence-electron chi connectivity index (χ3n) is 4.21. The molecule has 0 bridgehead atoms. The van der Waals surface area contributed by atoms with Gasteiger partial charge in [0.05, 0.1) is 6.61 Å². The van der Waals surface area contributed by atoms with E-state index in [-0.39, 0.29) is 17.6 Å². The van der Waals surface area contributed by atoms with E-state index in [1.807, 2.05) is 44.2 Å². The molecule has 0 saturated carbocycles. The smallest absolute Gasteiger partial charge is 0.342 e. The van der Waals surface area contributed by atoms with Gasteiger partial charge in [0.1, 0.15) is 5.56 Å². The van der Waals surface area contributed by atoms with Crippen LogP contribution in [0.4, 0.5) is 0 Å². The molecule has 2 aromatic carbocycles. The number of nitrogens with zero attached hydrogens (tertiary/aromatic N) is 1. The molecule has 0 aliphatic carbocycles. The monoisotopic (exact) mass is 321 g/mol. The van der Waals surface area contributed by atoms with Gasteiger partial charge < -0.3 is 9.30 Å². The number of esters is 1. The molecule has 0 spiro atoms. The summed E-state index contributed by atoms with van der Waals surface area (Å²) in [5, 5.41) is 1.82. The second kappa shape index (κ2) is 6.32. The van der Waals surface area contributed by atoms with Crippen LogP contribution in [0.25, 0.3) is 16.5 Å². The fourth-order valence-electron chi connectivity index (χ4n) is 3.07. The summed E-state index contributed by atoms with van der Waals surface area (Å²) in [5.41, 5.74) is 2.80. The van der Waals surface area contributed by atoms with Gasteiger partial charge in [0, 0.05) is 27.8 Å². The molecule has 0 N–H and O–H groups in total. The number of carbonyl (C=O) groups is 1. The fraction of sp³-hybridized carbons (Fsp3) is 0.200. The van der Waals surface area contributed by atoms with Gasteiger partial charge in [-0.05, 0) is 51.1 Å². The summed E-state index contributed by atoms with van der Waals surface area (Å²) in [5.74, 6) is -0.579. The van der Waals surface area contributed by atoms with Crippen molar-refractivity contribution in [3.63, 3.8) is 0 Å². The Kier molecular flexibility index (Phi) is 4.21. The summed E-state index contributed by atoms with van der Waals surface area (Å²) < 4.78 is 7.14. The summed E-state index contributed by atoms with van der Waals surface area (Å²) in [6.07, 6.45) is 0. The van der Waals surface area contributed by atoms with Crippen LogP contribution in [0, 0.1) is 13.8 Å². The normalized spacial score (nSPS) is 10.8. The van der Waals surface area contributed by atoms with E-state index in [1.54, 1.807) is 19.1 Å². The Morgan fingerprint density at radius 3 is 2.33 bits per heavy atom. The average molecular weight is 321 g/mol. The van der Waals surface area contributed by atoms with E-state index >= 15 is 0 Å². The molecule has 24 heavy (non-hydrogen) atoms. The molecule has 0 unspecified atom stereocenters. The topological polar surface area (TPSA) is 48.3 Å². The minimum absolute atomic E-state index is 0.0696. The van der Waals surface area contributed by atoms with Crippen molar-refractivity contribution >= 4 is 16.7 Å². The first kappa shape index (κ1) is 16.0. The largest absolute Gasteiger partial charge is 0.462 e. The second-order valence-corrected chi connectivity index (χ2v) is 5.65. The molecule has 4 nitrogen and oxygen atoms in total. The zero-order valence-corrected chi connectivity index (χ0v) is 14.0. The van der Waals surface area contributed by atoms with Crippen LogP contribution in [0.1, 0.15) is 28.7 Å². The number of aromatic nitrogens is 1. The minimum Gasteiger partial charge on any atom is -0.462 e. The van der Waals surface area contributed by atoms with E-state index in [2.05, 4.69) is 4.57 Å². The number of hydrogen-bond acceptors (Lipinski definition) is 3. The highest BCUT2D eigenvalue weighted by Gasteiger charge is 2.16. The van der Waals surface area contributed by atoms with E-state index in [1.165, 1.54) is 6.07 Å². The Morgan fingerprint density at radius 2 is 1.67 bits per heavy atom. The van der Waals surface area contributed by atoms with Gasteiger partial charge in [-0.3, -0.25) is 4.79 Å². The van der Waals surface area contributed by atoms with Crippen LogP contribution in [-0.2, 0) is 4.74 Å². The Hall–Kier alpha value is -2.88. The van der Waals surface area contributed by atoms with Crippen LogP contribution in [0.2, 0.25) is 0 Å². The average Bonchev–Trinajstić information content (AvgIpc) is 2.71. The van der Waals surface area contributed by atoms with Gasteiger partial charge in [-0.25, -0.2) is 4.79 Å². The van der Waals surface area contributed by atoms with Gasteiger partial charge in [-0.2, -0.15) is 0 Å². The number of fused-ring (bicyclic) bond motifs is 1. The molecule has 3 rings (SSSR count). The molecule has 122 valence electrons. The first-order valence-corrected chi connectivity index (χ1v) is 7.93. The lowest BCUT2D eigenvalue weighted by Crippen LogP contribution is -2.14. The third kappa shape index (κ3) is 2.60. The van der Waals surface area contributed by atoms with E-state index in [9.17, 15) is 9.59 Å². The molecule has 0 amide bonds. The summed E-state index contributed by atoms with van der Waals surface area (Å²) in [6.45, 7) is 5.96. The van der Waals surface area contributed by atoms with E-state index in [4.69, 9.17) is 4.74 Å². The number of para-hydroxylation sites is 1. The molecule has 1 aromatic heterocycles.